The predicted molar refractivity (Wildman–Crippen MR) is 202 cm³/mol. The molecule has 2 aromatic rings. The maximum atomic E-state index is 14.0. The molecular formula is C43H63N3O6. The number of nitrogens with zero attached hydrogens (tertiary/aromatic N) is 1. The monoisotopic (exact) mass is 717 g/mol. The molecule has 1 amide bonds. The van der Waals surface area contributed by atoms with E-state index in [0.717, 1.165) is 62.5 Å². The van der Waals surface area contributed by atoms with Crippen molar-refractivity contribution in [3.63, 3.8) is 0 Å². The second kappa shape index (κ2) is 13.0. The molecule has 0 spiro atoms. The van der Waals surface area contributed by atoms with Gasteiger partial charge in [0.15, 0.2) is 5.76 Å². The number of rotatable bonds is 5. The Hall–Kier alpha value is -3.17. The van der Waals surface area contributed by atoms with Crippen LogP contribution in [-0.2, 0) is 16.1 Å². The number of benzene rings is 1. The van der Waals surface area contributed by atoms with Gasteiger partial charge >= 0.3 is 0 Å². The van der Waals surface area contributed by atoms with Crippen LogP contribution in [0.1, 0.15) is 125 Å². The summed E-state index contributed by atoms with van der Waals surface area (Å²) in [6.45, 7) is 18.3. The van der Waals surface area contributed by atoms with Gasteiger partial charge in [0, 0.05) is 29.4 Å². The van der Waals surface area contributed by atoms with Crippen LogP contribution in [0.4, 0.5) is 0 Å². The maximum Gasteiger partial charge on any atom is 0.300 e. The Balaban J connectivity index is 0.00000110. The van der Waals surface area contributed by atoms with E-state index in [1.807, 2.05) is 30.3 Å². The van der Waals surface area contributed by atoms with Crippen molar-refractivity contribution in [3.05, 3.63) is 47.7 Å². The number of carboxylic acid groups (broad SMARTS) is 1. The number of fused-ring (bicyclic) bond motifs is 7. The van der Waals surface area contributed by atoms with Crippen molar-refractivity contribution < 1.29 is 29.1 Å². The van der Waals surface area contributed by atoms with E-state index in [0.29, 0.717) is 36.5 Å². The fourth-order valence-electron chi connectivity index (χ4n) is 12.2. The van der Waals surface area contributed by atoms with Crippen molar-refractivity contribution in [1.29, 1.82) is 0 Å². The zero-order chi connectivity index (χ0) is 38.1. The van der Waals surface area contributed by atoms with Crippen LogP contribution in [0.5, 0.6) is 5.75 Å². The minimum atomic E-state index is -1.11. The number of allylic oxidation sites excluding steroid dienone is 2. The number of amides is 1. The third kappa shape index (κ3) is 6.02. The highest BCUT2D eigenvalue weighted by Crippen LogP contribution is 2.76. The van der Waals surface area contributed by atoms with E-state index in [4.69, 9.17) is 24.9 Å². The molecule has 1 aromatic carbocycles. The number of carbonyl (C=O) groups excluding carboxylic acids is 1. The average molecular weight is 718 g/mol. The predicted octanol–water partition coefficient (Wildman–Crippen LogP) is 8.51. The minimum absolute atomic E-state index is 0.0983. The average Bonchev–Trinajstić information content (AvgIpc) is 3.56. The van der Waals surface area contributed by atoms with Crippen molar-refractivity contribution in [2.24, 2.45) is 56.0 Å². The number of carboxylic acids is 1. The maximum absolute atomic E-state index is 14.0. The highest BCUT2D eigenvalue weighted by Gasteiger charge is 2.69. The Morgan fingerprint density at radius 3 is 2.27 bits per heavy atom. The molecule has 4 saturated carbocycles. The van der Waals surface area contributed by atoms with Crippen LogP contribution in [-0.4, -0.2) is 40.1 Å². The normalized spacial score (nSPS) is 40.3. The Bertz CT molecular complexity index is 1710. The quantitative estimate of drug-likeness (QED) is 0.178. The molecule has 0 bridgehead atoms. The van der Waals surface area contributed by atoms with E-state index < -0.39 is 17.1 Å². The number of aliphatic carboxylic acids is 1. The second-order valence-electron chi connectivity index (χ2n) is 19.0. The summed E-state index contributed by atoms with van der Waals surface area (Å²) in [5.74, 6) is 2.08. The molecule has 9 atom stereocenters. The first kappa shape index (κ1) is 38.6. The Labute approximate surface area is 310 Å². The van der Waals surface area contributed by atoms with Gasteiger partial charge < -0.3 is 30.5 Å². The van der Waals surface area contributed by atoms with Gasteiger partial charge in [0.25, 0.3) is 5.97 Å². The molecule has 5 aliphatic rings. The van der Waals surface area contributed by atoms with E-state index in [2.05, 4.69) is 65.0 Å². The third-order valence-corrected chi connectivity index (χ3v) is 16.0. The smallest absolute Gasteiger partial charge is 0.300 e. The largest absolute Gasteiger partial charge is 0.497 e. The molecule has 52 heavy (non-hydrogen) atoms. The van der Waals surface area contributed by atoms with Crippen molar-refractivity contribution >= 4 is 11.9 Å². The SMILES string of the molecule is CC(=O)O.COc1ccc(-c2cc(CNC(=O)[C@@]3(C)CC[C@]4(C)CC[C@]5(C)C(=CC[C@@H]6[C@@]7(C)CC[C@](N)(O)C(C)(C)C7CC[C@]65C)[C@H]4C3)on2)cc1. The number of nitrogens with one attached hydrogen (secondary N) is 1. The molecule has 0 radical (unpaired) electrons. The zero-order valence-electron chi connectivity index (χ0n) is 33.0. The van der Waals surface area contributed by atoms with Gasteiger partial charge in [-0.3, -0.25) is 9.59 Å². The summed E-state index contributed by atoms with van der Waals surface area (Å²) in [7, 11) is 1.65. The van der Waals surface area contributed by atoms with E-state index in [1.54, 1.807) is 12.7 Å². The summed E-state index contributed by atoms with van der Waals surface area (Å²) in [6, 6.07) is 9.65. The number of aliphatic hydroxyl groups is 1. The zero-order valence-corrected chi connectivity index (χ0v) is 33.0. The molecule has 0 aliphatic heterocycles. The van der Waals surface area contributed by atoms with Gasteiger partial charge in [-0.05, 0) is 128 Å². The van der Waals surface area contributed by atoms with Crippen molar-refractivity contribution in [2.45, 2.75) is 132 Å². The first-order valence-electron chi connectivity index (χ1n) is 19.5. The number of carbonyl (C=O) groups is 2. The van der Waals surface area contributed by atoms with Crippen LogP contribution in [0.3, 0.4) is 0 Å². The summed E-state index contributed by atoms with van der Waals surface area (Å²) in [5, 5.41) is 26.2. The molecule has 9 heteroatoms. The Morgan fingerprint density at radius 2 is 1.62 bits per heavy atom. The number of hydrogen-bond acceptors (Lipinski definition) is 7. The molecule has 1 heterocycles. The minimum Gasteiger partial charge on any atom is -0.497 e. The lowest BCUT2D eigenvalue weighted by Crippen LogP contribution is -2.69. The summed E-state index contributed by atoms with van der Waals surface area (Å²) < 4.78 is 10.9. The summed E-state index contributed by atoms with van der Waals surface area (Å²) in [4.78, 5) is 23.0. The highest BCUT2D eigenvalue weighted by molar-refractivity contribution is 5.82. The lowest BCUT2D eigenvalue weighted by molar-refractivity contribution is -0.233. The topological polar surface area (TPSA) is 148 Å². The fraction of sp³-hybridized carbons (Fsp3) is 0.698. The van der Waals surface area contributed by atoms with Gasteiger partial charge in [0.1, 0.15) is 17.2 Å². The number of ether oxygens (including phenoxy) is 1. The number of nitrogens with two attached hydrogens (primary N) is 1. The Morgan fingerprint density at radius 1 is 0.962 bits per heavy atom. The van der Waals surface area contributed by atoms with Gasteiger partial charge in [0.05, 0.1) is 13.7 Å². The standard InChI is InChI=1S/C41H59N3O4.C2H4O2/c1-35(2)32-15-16-40(7)33(38(32,5)20-22-41(35,42)46)14-13-29-30-24-37(4,18-17-36(30,3)19-21-39(29,40)6)34(45)43-25-28-23-31(44-48-28)26-9-11-27(47-8)12-10-26;1-2(3)4/h9-13,23,30,32-33,46H,14-22,24-25,42H2,1-8H3,(H,43,45);1H3,(H,3,4)/t30-,32?,33-,36-,37+,38+,39-,40-,41+;/m1./s1. The van der Waals surface area contributed by atoms with E-state index in [9.17, 15) is 9.90 Å². The molecule has 286 valence electrons. The van der Waals surface area contributed by atoms with Gasteiger partial charge in [-0.2, -0.15) is 0 Å². The van der Waals surface area contributed by atoms with Gasteiger partial charge in [-0.1, -0.05) is 65.3 Å². The van der Waals surface area contributed by atoms with Crippen LogP contribution < -0.4 is 15.8 Å². The fourth-order valence-corrected chi connectivity index (χ4v) is 12.2. The van der Waals surface area contributed by atoms with Crippen LogP contribution in [0, 0.1) is 50.2 Å². The molecule has 4 fully saturated rings. The van der Waals surface area contributed by atoms with Crippen molar-refractivity contribution in [1.82, 2.24) is 10.5 Å². The lowest BCUT2D eigenvalue weighted by Gasteiger charge is -2.72. The lowest BCUT2D eigenvalue weighted by atomic mass is 9.33. The summed E-state index contributed by atoms with van der Waals surface area (Å²) in [5.41, 5.74) is 8.67. The number of hydrogen-bond donors (Lipinski definition) is 4. The number of aromatic nitrogens is 1. The molecule has 7 rings (SSSR count). The molecule has 9 nitrogen and oxygen atoms in total. The van der Waals surface area contributed by atoms with Crippen molar-refractivity contribution in [2.75, 3.05) is 7.11 Å². The first-order valence-corrected chi connectivity index (χ1v) is 19.5. The van der Waals surface area contributed by atoms with Crippen LogP contribution >= 0.6 is 0 Å². The molecule has 1 aromatic heterocycles. The van der Waals surface area contributed by atoms with Gasteiger partial charge in [0.2, 0.25) is 5.91 Å². The van der Waals surface area contributed by atoms with Crippen LogP contribution in [0.15, 0.2) is 46.5 Å². The van der Waals surface area contributed by atoms with E-state index >= 15 is 0 Å². The van der Waals surface area contributed by atoms with Gasteiger partial charge in [-0.25, -0.2) is 0 Å². The molecule has 0 saturated heterocycles. The van der Waals surface area contributed by atoms with Crippen LogP contribution in [0.2, 0.25) is 0 Å². The summed E-state index contributed by atoms with van der Waals surface area (Å²) >= 11 is 0. The van der Waals surface area contributed by atoms with E-state index in [-0.39, 0.29) is 33.0 Å². The second-order valence-corrected chi connectivity index (χ2v) is 19.0. The summed E-state index contributed by atoms with van der Waals surface area (Å²) in [6.07, 6.45) is 13.0. The third-order valence-electron chi connectivity index (χ3n) is 16.0. The number of methoxy groups -OCH3 is 1. The van der Waals surface area contributed by atoms with Crippen LogP contribution in [0.25, 0.3) is 11.3 Å². The molecule has 1 unspecified atom stereocenters. The van der Waals surface area contributed by atoms with Crippen molar-refractivity contribution in [3.8, 4) is 17.0 Å². The van der Waals surface area contributed by atoms with Gasteiger partial charge in [-0.15, -0.1) is 0 Å². The molecule has 5 aliphatic carbocycles. The first-order chi connectivity index (χ1) is 24.2. The Kier molecular flexibility index (Phi) is 9.64. The molecule has 5 N–H and O–H groups in total. The highest BCUT2D eigenvalue weighted by atomic mass is 16.5. The van der Waals surface area contributed by atoms with E-state index in [1.165, 1.54) is 19.3 Å². The molecular weight excluding hydrogens is 654 g/mol.